The third kappa shape index (κ3) is 3.32. The highest BCUT2D eigenvalue weighted by Gasteiger charge is 2.20. The lowest BCUT2D eigenvalue weighted by Gasteiger charge is -2.19. The van der Waals surface area contributed by atoms with Crippen molar-refractivity contribution in [3.8, 4) is 5.88 Å². The van der Waals surface area contributed by atoms with Crippen molar-refractivity contribution >= 4 is 5.82 Å². The molecule has 0 saturated carbocycles. The molecule has 100 valence electrons. The van der Waals surface area contributed by atoms with Crippen LogP contribution in [-0.2, 0) is 0 Å². The molecule has 1 aliphatic rings. The van der Waals surface area contributed by atoms with E-state index in [4.69, 9.17) is 4.74 Å². The van der Waals surface area contributed by atoms with Crippen LogP contribution in [0.2, 0.25) is 0 Å². The van der Waals surface area contributed by atoms with Crippen LogP contribution in [0.3, 0.4) is 0 Å². The molecule has 18 heavy (non-hydrogen) atoms. The minimum Gasteiger partial charge on any atom is -0.477 e. The van der Waals surface area contributed by atoms with Crippen LogP contribution in [0.25, 0.3) is 0 Å². The van der Waals surface area contributed by atoms with Crippen molar-refractivity contribution in [1.29, 1.82) is 0 Å². The van der Waals surface area contributed by atoms with Crippen LogP contribution in [0, 0.1) is 6.92 Å². The van der Waals surface area contributed by atoms with E-state index in [9.17, 15) is 0 Å². The molecule has 1 aromatic rings. The molecule has 0 aliphatic carbocycles. The second-order valence-corrected chi connectivity index (χ2v) is 4.80. The zero-order chi connectivity index (χ0) is 13.0. The number of aryl methyl sites for hydroxylation is 1. The van der Waals surface area contributed by atoms with Gasteiger partial charge < -0.3 is 15.0 Å². The van der Waals surface area contributed by atoms with E-state index in [-0.39, 0.29) is 0 Å². The van der Waals surface area contributed by atoms with Crippen molar-refractivity contribution in [3.63, 3.8) is 0 Å². The topological polar surface area (TPSA) is 50.3 Å². The highest BCUT2D eigenvalue weighted by molar-refractivity contribution is 5.37. The molecule has 1 unspecified atom stereocenters. The van der Waals surface area contributed by atoms with Gasteiger partial charge in [-0.15, -0.1) is 0 Å². The molecule has 0 aromatic carbocycles. The van der Waals surface area contributed by atoms with E-state index in [2.05, 4.69) is 27.2 Å². The van der Waals surface area contributed by atoms with Crippen molar-refractivity contribution in [2.45, 2.75) is 32.2 Å². The van der Waals surface area contributed by atoms with Gasteiger partial charge in [-0.2, -0.15) is 4.98 Å². The fourth-order valence-electron chi connectivity index (χ4n) is 2.39. The molecule has 0 spiro atoms. The average molecular weight is 250 g/mol. The Bertz CT molecular complexity index is 397. The zero-order valence-electron chi connectivity index (χ0n) is 11.4. The number of aromatic nitrogens is 2. The lowest BCUT2D eigenvalue weighted by molar-refractivity contribution is 0.228. The largest absolute Gasteiger partial charge is 0.477 e. The van der Waals surface area contributed by atoms with Crippen LogP contribution < -0.4 is 10.1 Å². The quantitative estimate of drug-likeness (QED) is 0.862. The maximum atomic E-state index is 5.72. The number of nitrogens with one attached hydrogen (secondary N) is 1. The van der Waals surface area contributed by atoms with Crippen molar-refractivity contribution in [1.82, 2.24) is 14.9 Å². The van der Waals surface area contributed by atoms with Crippen LogP contribution in [0.1, 0.15) is 25.1 Å². The number of likely N-dealkylation sites (tertiary alicyclic amines) is 1. The van der Waals surface area contributed by atoms with Crippen molar-refractivity contribution in [2.75, 3.05) is 32.6 Å². The Kier molecular flexibility index (Phi) is 4.36. The smallest absolute Gasteiger partial charge is 0.218 e. The summed E-state index contributed by atoms with van der Waals surface area (Å²) in [6, 6.07) is 2.50. The molecular weight excluding hydrogens is 228 g/mol. The summed E-state index contributed by atoms with van der Waals surface area (Å²) in [5, 5.41) is 3.01. The van der Waals surface area contributed by atoms with Gasteiger partial charge in [-0.05, 0) is 39.8 Å². The Morgan fingerprint density at radius 2 is 2.33 bits per heavy atom. The SMILES string of the molecule is CNc1cc(OCCC2CCCN2C)nc(C)n1. The summed E-state index contributed by atoms with van der Waals surface area (Å²) >= 11 is 0. The first-order chi connectivity index (χ1) is 8.69. The summed E-state index contributed by atoms with van der Waals surface area (Å²) in [5.74, 6) is 2.19. The van der Waals surface area contributed by atoms with Crippen LogP contribution >= 0.6 is 0 Å². The molecule has 1 atom stereocenters. The van der Waals surface area contributed by atoms with Crippen LogP contribution in [0.4, 0.5) is 5.82 Å². The minimum atomic E-state index is 0.660. The summed E-state index contributed by atoms with van der Waals surface area (Å²) in [5.41, 5.74) is 0. The van der Waals surface area contributed by atoms with Gasteiger partial charge in [0, 0.05) is 19.2 Å². The minimum absolute atomic E-state index is 0.660. The molecule has 1 aromatic heterocycles. The van der Waals surface area contributed by atoms with Gasteiger partial charge in [0.15, 0.2) is 0 Å². The van der Waals surface area contributed by atoms with Gasteiger partial charge in [0.25, 0.3) is 0 Å². The van der Waals surface area contributed by atoms with Crippen LogP contribution in [0.5, 0.6) is 5.88 Å². The molecule has 5 heteroatoms. The third-order valence-electron chi connectivity index (χ3n) is 3.44. The molecule has 5 nitrogen and oxygen atoms in total. The summed E-state index contributed by atoms with van der Waals surface area (Å²) in [4.78, 5) is 10.9. The molecule has 0 radical (unpaired) electrons. The highest BCUT2D eigenvalue weighted by atomic mass is 16.5. The fraction of sp³-hybridized carbons (Fsp3) is 0.692. The third-order valence-corrected chi connectivity index (χ3v) is 3.44. The molecule has 1 fully saturated rings. The van der Waals surface area contributed by atoms with Crippen molar-refractivity contribution < 1.29 is 4.74 Å². The monoisotopic (exact) mass is 250 g/mol. The summed E-state index contributed by atoms with van der Waals surface area (Å²) < 4.78 is 5.72. The highest BCUT2D eigenvalue weighted by Crippen LogP contribution is 2.19. The first-order valence-corrected chi connectivity index (χ1v) is 6.55. The first kappa shape index (κ1) is 13.1. The second-order valence-electron chi connectivity index (χ2n) is 4.80. The average Bonchev–Trinajstić information content (AvgIpc) is 2.74. The zero-order valence-corrected chi connectivity index (χ0v) is 11.4. The molecule has 2 rings (SSSR count). The predicted octanol–water partition coefficient (Wildman–Crippen LogP) is 1.69. The lowest BCUT2D eigenvalue weighted by Crippen LogP contribution is -2.26. The Hall–Kier alpha value is -1.36. The maximum Gasteiger partial charge on any atom is 0.218 e. The van der Waals surface area contributed by atoms with E-state index < -0.39 is 0 Å². The van der Waals surface area contributed by atoms with E-state index in [1.165, 1.54) is 19.4 Å². The first-order valence-electron chi connectivity index (χ1n) is 6.55. The number of anilines is 1. The second kappa shape index (κ2) is 6.00. The number of rotatable bonds is 5. The van der Waals surface area contributed by atoms with Gasteiger partial charge in [-0.3, -0.25) is 0 Å². The normalized spacial score (nSPS) is 20.1. The van der Waals surface area contributed by atoms with Gasteiger partial charge in [0.1, 0.15) is 11.6 Å². The molecule has 0 bridgehead atoms. The van der Waals surface area contributed by atoms with E-state index in [1.54, 1.807) is 0 Å². The summed E-state index contributed by atoms with van der Waals surface area (Å²) in [7, 11) is 4.03. The molecule has 0 amide bonds. The number of ether oxygens (including phenoxy) is 1. The van der Waals surface area contributed by atoms with Gasteiger partial charge in [-0.1, -0.05) is 0 Å². The molecule has 1 saturated heterocycles. The van der Waals surface area contributed by atoms with E-state index in [0.29, 0.717) is 18.5 Å². The van der Waals surface area contributed by atoms with Gasteiger partial charge in [0.05, 0.1) is 6.61 Å². The maximum absolute atomic E-state index is 5.72. The Morgan fingerprint density at radius 1 is 1.50 bits per heavy atom. The van der Waals surface area contributed by atoms with E-state index >= 15 is 0 Å². The number of nitrogens with zero attached hydrogens (tertiary/aromatic N) is 3. The molecule has 1 aliphatic heterocycles. The van der Waals surface area contributed by atoms with Crippen LogP contribution in [-0.4, -0.2) is 48.2 Å². The number of hydrogen-bond donors (Lipinski definition) is 1. The summed E-state index contributed by atoms with van der Waals surface area (Å²) in [6.45, 7) is 3.80. The fourth-order valence-corrected chi connectivity index (χ4v) is 2.39. The predicted molar refractivity (Wildman–Crippen MR) is 72.1 cm³/mol. The Labute approximate surface area is 109 Å². The standard InChI is InChI=1S/C13H22N4O/c1-10-15-12(14-2)9-13(16-10)18-8-6-11-5-4-7-17(11)3/h9,11H,4-8H2,1-3H3,(H,14,15,16). The number of hydrogen-bond acceptors (Lipinski definition) is 5. The van der Waals surface area contributed by atoms with Gasteiger partial charge in [0.2, 0.25) is 5.88 Å². The van der Waals surface area contributed by atoms with E-state index in [1.807, 2.05) is 20.0 Å². The molecule has 2 heterocycles. The van der Waals surface area contributed by atoms with Crippen molar-refractivity contribution in [3.05, 3.63) is 11.9 Å². The molecule has 1 N–H and O–H groups in total. The summed E-state index contributed by atoms with van der Waals surface area (Å²) in [6.07, 6.45) is 3.65. The Morgan fingerprint density at radius 3 is 3.00 bits per heavy atom. The van der Waals surface area contributed by atoms with E-state index in [0.717, 1.165) is 18.1 Å². The van der Waals surface area contributed by atoms with Gasteiger partial charge >= 0.3 is 0 Å². The van der Waals surface area contributed by atoms with Gasteiger partial charge in [-0.25, -0.2) is 4.98 Å². The lowest BCUT2D eigenvalue weighted by atomic mass is 10.1. The van der Waals surface area contributed by atoms with Crippen molar-refractivity contribution in [2.24, 2.45) is 0 Å². The van der Waals surface area contributed by atoms with Crippen LogP contribution in [0.15, 0.2) is 6.07 Å². The molecular formula is C13H22N4O. The Balaban J connectivity index is 1.84.